The molecule has 0 spiro atoms. The van der Waals surface area contributed by atoms with Crippen LogP contribution in [0.5, 0.6) is 5.75 Å². The molecule has 0 amide bonds. The van der Waals surface area contributed by atoms with Gasteiger partial charge in [-0.05, 0) is 54.2 Å². The fraction of sp³-hybridized carbons (Fsp3) is 0.409. The Morgan fingerprint density at radius 3 is 2.48 bits per heavy atom. The second-order valence-corrected chi connectivity index (χ2v) is 7.70. The maximum absolute atomic E-state index is 12.6. The van der Waals surface area contributed by atoms with Gasteiger partial charge in [0, 0.05) is 24.1 Å². The Bertz CT molecular complexity index is 781. The maximum atomic E-state index is 12.6. The van der Waals surface area contributed by atoms with Crippen molar-refractivity contribution in [3.8, 4) is 5.75 Å². The number of phenols is 1. The number of carbonyl (C=O) groups excluding carboxylic acids is 1. The van der Waals surface area contributed by atoms with E-state index in [0.29, 0.717) is 18.1 Å². The van der Waals surface area contributed by atoms with E-state index in [0.717, 1.165) is 18.4 Å². The van der Waals surface area contributed by atoms with Crippen molar-refractivity contribution in [3.05, 3.63) is 59.7 Å². The number of hydrogen-bond acceptors (Lipinski definition) is 3. The zero-order chi connectivity index (χ0) is 17.6. The van der Waals surface area contributed by atoms with E-state index in [2.05, 4.69) is 43.0 Å². The van der Waals surface area contributed by atoms with Gasteiger partial charge in [0.25, 0.3) is 0 Å². The van der Waals surface area contributed by atoms with Gasteiger partial charge in [-0.1, -0.05) is 38.1 Å². The molecule has 0 radical (unpaired) electrons. The summed E-state index contributed by atoms with van der Waals surface area (Å²) in [7, 11) is 0. The van der Waals surface area contributed by atoms with Crippen molar-refractivity contribution in [2.45, 2.75) is 51.1 Å². The summed E-state index contributed by atoms with van der Waals surface area (Å²) in [5, 5.41) is 9.93. The Labute approximate surface area is 149 Å². The molecule has 25 heavy (non-hydrogen) atoms. The van der Waals surface area contributed by atoms with Crippen molar-refractivity contribution >= 4 is 11.5 Å². The molecule has 1 N–H and O–H groups in total. The molecule has 3 fully saturated rings. The van der Waals surface area contributed by atoms with Crippen molar-refractivity contribution in [2.75, 3.05) is 4.90 Å². The van der Waals surface area contributed by atoms with Gasteiger partial charge in [0.05, 0.1) is 6.04 Å². The van der Waals surface area contributed by atoms with Gasteiger partial charge in [-0.2, -0.15) is 0 Å². The summed E-state index contributed by atoms with van der Waals surface area (Å²) in [6.07, 6.45) is 2.66. The normalized spacial score (nSPS) is 25.6. The summed E-state index contributed by atoms with van der Waals surface area (Å²) in [4.78, 5) is 15.0. The number of ketones is 1. The van der Waals surface area contributed by atoms with E-state index in [-0.39, 0.29) is 23.8 Å². The second kappa shape index (κ2) is 6.21. The topological polar surface area (TPSA) is 40.5 Å². The first-order chi connectivity index (χ1) is 12.0. The fourth-order valence-corrected chi connectivity index (χ4v) is 4.52. The Balaban J connectivity index is 1.76. The van der Waals surface area contributed by atoms with E-state index in [9.17, 15) is 9.90 Å². The number of rotatable bonds is 3. The monoisotopic (exact) mass is 335 g/mol. The van der Waals surface area contributed by atoms with Gasteiger partial charge in [-0.25, -0.2) is 0 Å². The molecule has 3 unspecified atom stereocenters. The third-order valence-corrected chi connectivity index (χ3v) is 5.81. The van der Waals surface area contributed by atoms with E-state index in [1.54, 1.807) is 6.07 Å². The van der Waals surface area contributed by atoms with Crippen molar-refractivity contribution < 1.29 is 9.90 Å². The molecule has 2 aliphatic heterocycles. The molecular weight excluding hydrogens is 310 g/mol. The molecule has 1 saturated carbocycles. The zero-order valence-corrected chi connectivity index (χ0v) is 14.9. The van der Waals surface area contributed by atoms with Crippen LogP contribution in [-0.2, 0) is 4.79 Å². The van der Waals surface area contributed by atoms with Gasteiger partial charge in [-0.3, -0.25) is 4.79 Å². The predicted octanol–water partition coefficient (Wildman–Crippen LogP) is 4.81. The molecule has 3 heteroatoms. The lowest BCUT2D eigenvalue weighted by atomic mass is 9.71. The third kappa shape index (κ3) is 2.82. The van der Waals surface area contributed by atoms with Crippen LogP contribution >= 0.6 is 0 Å². The number of anilines is 1. The maximum Gasteiger partial charge on any atom is 0.140 e. The fourth-order valence-electron chi connectivity index (χ4n) is 4.52. The summed E-state index contributed by atoms with van der Waals surface area (Å²) in [6, 6.07) is 16.5. The molecular formula is C22H25NO2. The average Bonchev–Trinajstić information content (AvgIpc) is 2.61. The Morgan fingerprint density at radius 1 is 1.08 bits per heavy atom. The highest BCUT2D eigenvalue weighted by atomic mass is 16.3. The summed E-state index contributed by atoms with van der Waals surface area (Å²) in [5.41, 5.74) is 3.55. The molecule has 1 aliphatic carbocycles. The molecule has 0 aromatic heterocycles. The van der Waals surface area contributed by atoms with E-state index in [1.807, 2.05) is 18.2 Å². The van der Waals surface area contributed by atoms with Gasteiger partial charge < -0.3 is 10.0 Å². The third-order valence-electron chi connectivity index (χ3n) is 5.81. The summed E-state index contributed by atoms with van der Waals surface area (Å²) < 4.78 is 0. The van der Waals surface area contributed by atoms with Crippen LogP contribution in [0.15, 0.2) is 48.5 Å². The number of carbonyl (C=O) groups is 1. The molecule has 2 bridgehead atoms. The van der Waals surface area contributed by atoms with Crippen LogP contribution in [-0.4, -0.2) is 16.9 Å². The van der Waals surface area contributed by atoms with E-state index in [4.69, 9.17) is 0 Å². The van der Waals surface area contributed by atoms with Gasteiger partial charge in [0.1, 0.15) is 11.5 Å². The molecule has 3 nitrogen and oxygen atoms in total. The number of Topliss-reactive ketones (excluding diaryl/α,β-unsaturated/α-hetero) is 1. The van der Waals surface area contributed by atoms with Crippen molar-refractivity contribution in [2.24, 2.45) is 5.92 Å². The SMILES string of the molecule is CC(C)c1ccc(N2C3CCC(C(=O)C3)C2c2cccc(O)c2)cc1. The first-order valence-electron chi connectivity index (χ1n) is 9.24. The molecule has 3 atom stereocenters. The van der Waals surface area contributed by atoms with Crippen molar-refractivity contribution in [1.29, 1.82) is 0 Å². The number of nitrogens with zero attached hydrogens (tertiary/aromatic N) is 1. The van der Waals surface area contributed by atoms with Gasteiger partial charge in [0.15, 0.2) is 0 Å². The van der Waals surface area contributed by atoms with Crippen LogP contribution in [0.2, 0.25) is 0 Å². The van der Waals surface area contributed by atoms with E-state index in [1.165, 1.54) is 11.3 Å². The van der Waals surface area contributed by atoms with Crippen LogP contribution in [0, 0.1) is 5.92 Å². The molecule has 2 saturated heterocycles. The Morgan fingerprint density at radius 2 is 1.84 bits per heavy atom. The quantitative estimate of drug-likeness (QED) is 0.874. The number of fused-ring (bicyclic) bond motifs is 3. The Hall–Kier alpha value is -2.29. The molecule has 2 aromatic carbocycles. The Kier molecular flexibility index (Phi) is 4.03. The van der Waals surface area contributed by atoms with Gasteiger partial charge >= 0.3 is 0 Å². The van der Waals surface area contributed by atoms with Crippen LogP contribution in [0.25, 0.3) is 0 Å². The van der Waals surface area contributed by atoms with Crippen molar-refractivity contribution in [3.63, 3.8) is 0 Å². The number of aromatic hydroxyl groups is 1. The smallest absolute Gasteiger partial charge is 0.140 e. The minimum Gasteiger partial charge on any atom is -0.508 e. The number of piperidine rings is 2. The average molecular weight is 335 g/mol. The highest BCUT2D eigenvalue weighted by Gasteiger charge is 2.47. The van der Waals surface area contributed by atoms with Crippen LogP contribution in [0.1, 0.15) is 56.2 Å². The van der Waals surface area contributed by atoms with Crippen LogP contribution < -0.4 is 4.90 Å². The first kappa shape index (κ1) is 16.2. The molecule has 3 aliphatic rings. The summed E-state index contributed by atoms with van der Waals surface area (Å²) >= 11 is 0. The first-order valence-corrected chi connectivity index (χ1v) is 9.24. The standard InChI is InChI=1S/C22H25NO2/c1-14(2)15-6-8-17(9-7-15)23-18-10-11-20(21(25)13-18)22(23)16-4-3-5-19(24)12-16/h3-9,12,14,18,20,22,24H,10-11,13H2,1-2H3. The molecule has 130 valence electrons. The van der Waals surface area contributed by atoms with E-state index < -0.39 is 0 Å². The predicted molar refractivity (Wildman–Crippen MR) is 100.0 cm³/mol. The highest BCUT2D eigenvalue weighted by Crippen LogP contribution is 2.48. The number of benzene rings is 2. The van der Waals surface area contributed by atoms with Crippen LogP contribution in [0.3, 0.4) is 0 Å². The molecule has 2 heterocycles. The zero-order valence-electron chi connectivity index (χ0n) is 14.9. The lowest BCUT2D eigenvalue weighted by molar-refractivity contribution is -0.128. The largest absolute Gasteiger partial charge is 0.508 e. The van der Waals surface area contributed by atoms with Crippen molar-refractivity contribution in [1.82, 2.24) is 0 Å². The van der Waals surface area contributed by atoms with Crippen LogP contribution in [0.4, 0.5) is 5.69 Å². The second-order valence-electron chi connectivity index (χ2n) is 7.70. The molecule has 2 aromatic rings. The summed E-state index contributed by atoms with van der Waals surface area (Å²) in [6.45, 7) is 4.40. The van der Waals surface area contributed by atoms with E-state index >= 15 is 0 Å². The summed E-state index contributed by atoms with van der Waals surface area (Å²) in [5.74, 6) is 1.17. The van der Waals surface area contributed by atoms with Gasteiger partial charge in [-0.15, -0.1) is 0 Å². The number of phenolic OH excluding ortho intramolecular Hbond substituents is 1. The lowest BCUT2D eigenvalue weighted by Crippen LogP contribution is -2.54. The minimum atomic E-state index is 0.0246. The number of hydrogen-bond donors (Lipinski definition) is 1. The highest BCUT2D eigenvalue weighted by molar-refractivity contribution is 5.86. The molecule has 5 rings (SSSR count). The van der Waals surface area contributed by atoms with Gasteiger partial charge in [0.2, 0.25) is 0 Å². The lowest BCUT2D eigenvalue weighted by Gasteiger charge is -2.52. The minimum absolute atomic E-state index is 0.0246.